The molecule has 1 unspecified atom stereocenters. The van der Waals surface area contributed by atoms with E-state index in [0.29, 0.717) is 26.6 Å². The van der Waals surface area contributed by atoms with Gasteiger partial charge >= 0.3 is 189 Å². The van der Waals surface area contributed by atoms with Crippen molar-refractivity contribution in [2.45, 2.75) is 28.8 Å². The van der Waals surface area contributed by atoms with Gasteiger partial charge in [0.25, 0.3) is 0 Å². The number of imidazole rings is 1. The van der Waals surface area contributed by atoms with Crippen LogP contribution in [0.2, 0.25) is 0 Å². The summed E-state index contributed by atoms with van der Waals surface area (Å²) >= 11 is 2.59. The second-order valence-electron chi connectivity index (χ2n) is 6.92. The van der Waals surface area contributed by atoms with Crippen molar-refractivity contribution in [3.8, 4) is 5.75 Å². The normalized spacial score (nSPS) is 12.6. The van der Waals surface area contributed by atoms with Gasteiger partial charge in [0.1, 0.15) is 0 Å². The summed E-state index contributed by atoms with van der Waals surface area (Å²) in [6.07, 6.45) is -8.48. The summed E-state index contributed by atoms with van der Waals surface area (Å²) in [5.74, 6) is 0.715. The molecule has 0 amide bonds. The van der Waals surface area contributed by atoms with Crippen LogP contribution in [0, 0.1) is 0 Å². The Morgan fingerprint density at radius 3 is 2.22 bits per heavy atom. The molecule has 17 heteroatoms. The summed E-state index contributed by atoms with van der Waals surface area (Å²) in [4.78, 5) is 14.2. The topological polar surface area (TPSA) is 80.5 Å². The molecule has 0 bridgehead atoms. The van der Waals surface area contributed by atoms with Crippen molar-refractivity contribution >= 4 is 52.8 Å². The number of hydrogen-bond donors (Lipinski definition) is 0. The molecule has 1 atom stereocenters. The van der Waals surface area contributed by atoms with Crippen molar-refractivity contribution in [3.63, 3.8) is 0 Å². The van der Waals surface area contributed by atoms with Crippen molar-refractivity contribution < 1.29 is 44.9 Å². The van der Waals surface area contributed by atoms with Crippen LogP contribution in [0.1, 0.15) is 0 Å². The van der Waals surface area contributed by atoms with Crippen LogP contribution in [-0.4, -0.2) is 82.0 Å². The maximum absolute atomic E-state index is 12.4. The average molecular weight is 620 g/mol. The summed E-state index contributed by atoms with van der Waals surface area (Å²) in [5.41, 5.74) is 1.06. The van der Waals surface area contributed by atoms with Crippen LogP contribution in [0.5, 0.6) is 5.75 Å². The molecule has 8 nitrogen and oxygen atoms in total. The zero-order valence-electron chi connectivity index (χ0n) is 18.5. The third-order valence-electron chi connectivity index (χ3n) is 4.14. The first kappa shape index (κ1) is 28.9. The van der Waals surface area contributed by atoms with Gasteiger partial charge in [0.2, 0.25) is 0 Å². The van der Waals surface area contributed by atoms with Crippen molar-refractivity contribution in [3.05, 3.63) is 30.6 Å². The van der Waals surface area contributed by atoms with Crippen LogP contribution in [0.3, 0.4) is 0 Å². The molecule has 0 saturated carbocycles. The second-order valence-corrected chi connectivity index (χ2v) is 10.5. The summed E-state index contributed by atoms with van der Waals surface area (Å²) in [6.45, 7) is -3.34. The molecule has 3 aromatic rings. The maximum atomic E-state index is 12.4. The number of hydrogen-bond acceptors (Lipinski definition) is 8. The van der Waals surface area contributed by atoms with E-state index in [0.717, 1.165) is 4.90 Å². The zero-order chi connectivity index (χ0) is 26.3. The molecule has 0 aliphatic carbocycles. The SMILES string of the molecule is COc1ccc(Sc2nc([AsH2])nc3c2ncn3CCOCP(OCC(F)(F)F)OCC(F)(F)F)cc1. The molecule has 0 fully saturated rings. The summed E-state index contributed by atoms with van der Waals surface area (Å²) in [6, 6.07) is 7.39. The van der Waals surface area contributed by atoms with Crippen molar-refractivity contribution in [1.82, 2.24) is 19.5 Å². The van der Waals surface area contributed by atoms with Gasteiger partial charge in [0, 0.05) is 0 Å². The Morgan fingerprint density at radius 2 is 1.64 bits per heavy atom. The van der Waals surface area contributed by atoms with Gasteiger partial charge in [-0.2, -0.15) is 26.3 Å². The van der Waals surface area contributed by atoms with Crippen molar-refractivity contribution in [1.29, 1.82) is 0 Å². The molecule has 36 heavy (non-hydrogen) atoms. The van der Waals surface area contributed by atoms with Crippen LogP contribution in [0.4, 0.5) is 26.3 Å². The number of rotatable bonds is 12. The van der Waals surface area contributed by atoms with E-state index in [4.69, 9.17) is 9.47 Å². The van der Waals surface area contributed by atoms with E-state index in [1.165, 1.54) is 34.9 Å². The number of aromatic nitrogens is 4. The third-order valence-corrected chi connectivity index (χ3v) is 6.90. The van der Waals surface area contributed by atoms with E-state index in [2.05, 4.69) is 24.0 Å². The second kappa shape index (κ2) is 12.7. The molecule has 0 radical (unpaired) electrons. The fraction of sp³-hybridized carbons (Fsp3) is 0.421. The quantitative estimate of drug-likeness (QED) is 0.0999. The van der Waals surface area contributed by atoms with E-state index in [9.17, 15) is 26.3 Å². The first-order valence-electron chi connectivity index (χ1n) is 9.98. The molecule has 2 aromatic heterocycles. The van der Waals surface area contributed by atoms with Crippen LogP contribution in [0.25, 0.3) is 11.2 Å². The fourth-order valence-corrected chi connectivity index (χ4v) is 5.31. The summed E-state index contributed by atoms with van der Waals surface area (Å²) in [5, 5.41) is 0.633. The number of methoxy groups -OCH3 is 1. The summed E-state index contributed by atoms with van der Waals surface area (Å²) in [7, 11) is -0.984. The number of ether oxygens (including phenoxy) is 2. The Balaban J connectivity index is 1.62. The number of benzene rings is 1. The molecular formula is C19H20AsF6N4O4PS. The Labute approximate surface area is 215 Å². The zero-order valence-corrected chi connectivity index (χ0v) is 22.7. The number of halogens is 6. The minimum atomic E-state index is -4.71. The monoisotopic (exact) mass is 620 g/mol. The number of alkyl halides is 6. The van der Waals surface area contributed by atoms with Crippen molar-refractivity contribution in [2.75, 3.05) is 33.3 Å². The fourth-order valence-electron chi connectivity index (χ4n) is 2.63. The molecule has 0 aliphatic heterocycles. The first-order chi connectivity index (χ1) is 16.9. The molecule has 0 aliphatic rings. The molecule has 0 saturated heterocycles. The van der Waals surface area contributed by atoms with Crippen molar-refractivity contribution in [2.24, 2.45) is 0 Å². The predicted octanol–water partition coefficient (Wildman–Crippen LogP) is 3.69. The van der Waals surface area contributed by atoms with Crippen LogP contribution in [-0.2, 0) is 20.3 Å². The Bertz CT molecular complexity index is 1120. The molecule has 0 N–H and O–H groups in total. The van der Waals surface area contributed by atoms with Gasteiger partial charge in [-0.15, -0.1) is 0 Å². The summed E-state index contributed by atoms with van der Waals surface area (Å²) < 4.78 is 95.9. The van der Waals surface area contributed by atoms with Gasteiger partial charge in [-0.25, -0.2) is 0 Å². The van der Waals surface area contributed by atoms with Gasteiger partial charge in [0.05, 0.1) is 0 Å². The molecule has 198 valence electrons. The van der Waals surface area contributed by atoms with Gasteiger partial charge in [-0.05, 0) is 0 Å². The van der Waals surface area contributed by atoms with Crippen LogP contribution >= 0.6 is 20.1 Å². The predicted molar refractivity (Wildman–Crippen MR) is 122 cm³/mol. The van der Waals surface area contributed by atoms with Gasteiger partial charge in [0.15, 0.2) is 0 Å². The molecule has 0 spiro atoms. The Morgan fingerprint density at radius 1 is 1.00 bits per heavy atom. The minimum absolute atomic E-state index is 0.0514. The standard InChI is InChI=1S/C19H20AsF6N4O4PS/c1-31-12-2-4-13(5-3-12)36-16-14-15(28-17(20)29-16)30(10-27-14)6-7-32-11-35(33-8-18(21,22)23)34-9-19(24,25)26/h2-5,10H,6-9,11,20H2,1H3. The van der Waals surface area contributed by atoms with E-state index >= 15 is 0 Å². The number of fused-ring (bicyclic) bond motifs is 1. The molecule has 2 heterocycles. The number of nitrogens with zero attached hydrogens (tertiary/aromatic N) is 4. The molecule has 1 aromatic carbocycles. The first-order valence-corrected chi connectivity index (χ1v) is 13.4. The Kier molecular flexibility index (Phi) is 10.2. The van der Waals surface area contributed by atoms with E-state index in [1.54, 1.807) is 11.7 Å². The molecule has 3 rings (SSSR count). The third kappa shape index (κ3) is 9.35. The van der Waals surface area contributed by atoms with Gasteiger partial charge in [-0.3, -0.25) is 0 Å². The van der Waals surface area contributed by atoms with Gasteiger partial charge < -0.3 is 0 Å². The van der Waals surface area contributed by atoms with E-state index < -0.39 is 40.3 Å². The Hall–Kier alpha value is -1.63. The molecular weight excluding hydrogens is 600 g/mol. The van der Waals surface area contributed by atoms with E-state index in [1.807, 2.05) is 24.3 Å². The van der Waals surface area contributed by atoms with Gasteiger partial charge in [-0.1, -0.05) is 0 Å². The average Bonchev–Trinajstić information content (AvgIpc) is 3.20. The van der Waals surface area contributed by atoms with E-state index in [-0.39, 0.29) is 13.2 Å². The van der Waals surface area contributed by atoms with Crippen LogP contribution in [0.15, 0.2) is 40.5 Å². The van der Waals surface area contributed by atoms with Crippen LogP contribution < -0.4 is 9.35 Å².